The molecule has 6 rings (SSSR count). The molecular formula is C42H58N6O6S. The summed E-state index contributed by atoms with van der Waals surface area (Å²) in [6, 6.07) is 3.19. The van der Waals surface area contributed by atoms with E-state index in [2.05, 4.69) is 62.9 Å². The van der Waals surface area contributed by atoms with Gasteiger partial charge in [-0.05, 0) is 82.3 Å². The van der Waals surface area contributed by atoms with Crippen molar-refractivity contribution in [3.8, 4) is 5.88 Å². The number of allylic oxidation sites excluding steroid dienone is 1. The van der Waals surface area contributed by atoms with Crippen molar-refractivity contribution in [3.05, 3.63) is 59.0 Å². The van der Waals surface area contributed by atoms with Gasteiger partial charge in [0, 0.05) is 46.7 Å². The zero-order valence-electron chi connectivity index (χ0n) is 33.2. The molecule has 0 spiro atoms. The number of amides is 1. The fourth-order valence-corrected chi connectivity index (χ4v) is 10.8. The van der Waals surface area contributed by atoms with Gasteiger partial charge in [0.25, 0.3) is 5.69 Å². The Morgan fingerprint density at radius 1 is 1.09 bits per heavy atom. The van der Waals surface area contributed by atoms with Crippen LogP contribution in [0, 0.1) is 29.7 Å². The number of aromatic amines is 1. The van der Waals surface area contributed by atoms with E-state index in [1.807, 2.05) is 11.8 Å². The summed E-state index contributed by atoms with van der Waals surface area (Å²) in [5.74, 6) is -0.241. The van der Waals surface area contributed by atoms with Gasteiger partial charge in [-0.1, -0.05) is 65.0 Å². The molecule has 3 saturated carbocycles. The summed E-state index contributed by atoms with van der Waals surface area (Å²) >= 11 is 1.96. The normalized spacial score (nSPS) is 26.3. The highest BCUT2D eigenvalue weighted by Crippen LogP contribution is 2.48. The maximum atomic E-state index is 14.6. The van der Waals surface area contributed by atoms with Crippen LogP contribution in [0.1, 0.15) is 134 Å². The van der Waals surface area contributed by atoms with Crippen molar-refractivity contribution in [2.45, 2.75) is 141 Å². The van der Waals surface area contributed by atoms with E-state index in [-0.39, 0.29) is 57.2 Å². The number of rotatable bonds is 10. The molecule has 12 nitrogen and oxygen atoms in total. The van der Waals surface area contributed by atoms with E-state index in [4.69, 9.17) is 21.0 Å². The van der Waals surface area contributed by atoms with Crippen LogP contribution in [0.3, 0.4) is 0 Å². The third-order valence-corrected chi connectivity index (χ3v) is 13.7. The average Bonchev–Trinajstić information content (AvgIpc) is 3.90. The molecule has 13 heteroatoms. The van der Waals surface area contributed by atoms with Crippen molar-refractivity contribution in [2.75, 3.05) is 6.61 Å². The molecule has 3 aromatic heterocycles. The Kier molecular flexibility index (Phi) is 12.9. The van der Waals surface area contributed by atoms with Gasteiger partial charge in [0.05, 0.1) is 6.57 Å². The molecular weight excluding hydrogens is 717 g/mol. The number of aliphatic hydroxyl groups excluding tert-OH is 1. The minimum atomic E-state index is -0.744. The topological polar surface area (TPSA) is 144 Å². The molecule has 0 saturated heterocycles. The van der Waals surface area contributed by atoms with E-state index in [1.165, 1.54) is 41.2 Å². The molecule has 0 aromatic carbocycles. The molecule has 7 atom stereocenters. The second kappa shape index (κ2) is 17.4. The van der Waals surface area contributed by atoms with Crippen LogP contribution in [-0.4, -0.2) is 71.5 Å². The van der Waals surface area contributed by atoms with Crippen LogP contribution in [0.25, 0.3) is 10.5 Å². The fraction of sp³-hybridized carbons (Fsp3) is 0.643. The van der Waals surface area contributed by atoms with Gasteiger partial charge in [-0.2, -0.15) is 11.8 Å². The predicted octanol–water partition coefficient (Wildman–Crippen LogP) is 8.83. The summed E-state index contributed by atoms with van der Waals surface area (Å²) < 4.78 is 15.1. The van der Waals surface area contributed by atoms with Gasteiger partial charge < -0.3 is 19.9 Å². The van der Waals surface area contributed by atoms with Crippen LogP contribution in [0.5, 0.6) is 5.88 Å². The van der Waals surface area contributed by atoms with Gasteiger partial charge in [0.1, 0.15) is 24.1 Å². The third-order valence-electron chi connectivity index (χ3n) is 11.9. The van der Waals surface area contributed by atoms with Crippen molar-refractivity contribution >= 4 is 41.1 Å². The zero-order valence-corrected chi connectivity index (χ0v) is 34.0. The van der Waals surface area contributed by atoms with Crippen LogP contribution in [0.15, 0.2) is 36.2 Å². The van der Waals surface area contributed by atoms with Gasteiger partial charge in [-0.25, -0.2) is 23.9 Å². The van der Waals surface area contributed by atoms with Crippen molar-refractivity contribution in [2.24, 2.45) is 23.2 Å². The molecule has 3 aromatic rings. The SMILES string of the molecule is [C-]#[N+]c1c(C(=O)OC2C(C=C(C)C)CC(CC)CC2C(C)(C)C)c2nc(C3CCC(SC4CCCCC4)C(NC(=O)CO)C3)[nH]n2c1OC(=O)n1cccc1. The van der Waals surface area contributed by atoms with Crippen LogP contribution >= 0.6 is 11.8 Å². The highest BCUT2D eigenvalue weighted by Gasteiger charge is 2.45. The number of carbonyl (C=O) groups excluding carboxylic acids is 3. The first kappa shape index (κ1) is 40.6. The molecule has 3 N–H and O–H groups in total. The standard InChI is InChI=1S/C42H58N6O6S/c1-8-26-21-28(20-25(2)3)36(30(22-26)42(4,5)6)53-40(51)34-35(43-7)39(54-41(52)47-18-12-13-19-47)48-38(34)45-37(46-48)27-16-17-32(31(23-27)44-33(50)24-49)55-29-14-10-9-11-15-29/h12-13,18-20,26-32,36,49H,8-11,14-17,21-24H2,1-6H3,(H,44,50)(H,45,46). The first-order valence-corrected chi connectivity index (χ1v) is 21.0. The number of hydrogen-bond acceptors (Lipinski definition) is 8. The quantitative estimate of drug-likeness (QED) is 0.105. The van der Waals surface area contributed by atoms with Crippen LogP contribution < -0.4 is 10.1 Å². The van der Waals surface area contributed by atoms with Gasteiger partial charge in [0.2, 0.25) is 11.8 Å². The second-order valence-corrected chi connectivity index (χ2v) is 18.7. The van der Waals surface area contributed by atoms with Gasteiger partial charge in [0.15, 0.2) is 5.65 Å². The Hall–Kier alpha value is -4.02. The number of aromatic nitrogens is 4. The summed E-state index contributed by atoms with van der Waals surface area (Å²) in [7, 11) is 0. The number of nitrogens with zero attached hydrogens (tertiary/aromatic N) is 4. The van der Waals surface area contributed by atoms with Gasteiger partial charge in [-0.15, -0.1) is 0 Å². The molecule has 298 valence electrons. The Labute approximate surface area is 329 Å². The Morgan fingerprint density at radius 2 is 1.82 bits per heavy atom. The van der Waals surface area contributed by atoms with E-state index in [0.717, 1.165) is 37.7 Å². The van der Waals surface area contributed by atoms with Crippen LogP contribution in [0.2, 0.25) is 0 Å². The van der Waals surface area contributed by atoms with Crippen LogP contribution in [0.4, 0.5) is 10.5 Å². The Balaban J connectivity index is 1.38. The molecule has 7 unspecified atom stereocenters. The maximum absolute atomic E-state index is 14.6. The number of nitrogens with one attached hydrogen (secondary N) is 2. The molecule has 3 heterocycles. The van der Waals surface area contributed by atoms with Crippen LogP contribution in [-0.2, 0) is 9.53 Å². The molecule has 3 aliphatic rings. The minimum absolute atomic E-state index is 0.000107. The van der Waals surface area contributed by atoms with E-state index >= 15 is 0 Å². The lowest BCUT2D eigenvalue weighted by molar-refractivity contribution is -0.124. The largest absolute Gasteiger partial charge is 0.459 e. The number of carbonyl (C=O) groups is 3. The number of fused-ring (bicyclic) bond motifs is 1. The molecule has 3 aliphatic carbocycles. The minimum Gasteiger partial charge on any atom is -0.459 e. The highest BCUT2D eigenvalue weighted by molar-refractivity contribution is 8.00. The summed E-state index contributed by atoms with van der Waals surface area (Å²) in [6.07, 6.45) is 15.2. The van der Waals surface area contributed by atoms with E-state index in [1.54, 1.807) is 24.5 Å². The first-order valence-electron chi connectivity index (χ1n) is 20.1. The lowest BCUT2D eigenvalue weighted by Crippen LogP contribution is -2.47. The molecule has 0 bridgehead atoms. The number of H-pyrrole nitrogens is 1. The molecule has 0 radical (unpaired) electrons. The van der Waals surface area contributed by atoms with Crippen molar-refractivity contribution in [3.63, 3.8) is 0 Å². The lowest BCUT2D eigenvalue weighted by atomic mass is 9.63. The van der Waals surface area contributed by atoms with E-state index < -0.39 is 30.7 Å². The van der Waals surface area contributed by atoms with Gasteiger partial charge >= 0.3 is 12.1 Å². The average molecular weight is 775 g/mol. The fourth-order valence-electron chi connectivity index (χ4n) is 9.09. The predicted molar refractivity (Wildman–Crippen MR) is 214 cm³/mol. The first-order chi connectivity index (χ1) is 26.3. The van der Waals surface area contributed by atoms with Crippen molar-refractivity contribution < 1.29 is 29.0 Å². The number of hydrogen-bond donors (Lipinski definition) is 3. The van der Waals surface area contributed by atoms with E-state index in [0.29, 0.717) is 23.4 Å². The molecule has 1 amide bonds. The summed E-state index contributed by atoms with van der Waals surface area (Å²) in [4.78, 5) is 49.2. The maximum Gasteiger partial charge on any atom is 0.423 e. The highest BCUT2D eigenvalue weighted by atomic mass is 32.2. The smallest absolute Gasteiger partial charge is 0.423 e. The Bertz CT molecular complexity index is 1890. The molecule has 0 aliphatic heterocycles. The Morgan fingerprint density at radius 3 is 2.45 bits per heavy atom. The summed E-state index contributed by atoms with van der Waals surface area (Å²) in [5.41, 5.74) is 0.966. The number of aliphatic hydroxyl groups is 1. The number of thioether (sulfide) groups is 1. The number of ether oxygens (including phenoxy) is 2. The van der Waals surface area contributed by atoms with Crippen molar-refractivity contribution in [1.82, 2.24) is 24.5 Å². The molecule has 3 fully saturated rings. The second-order valence-electron chi connectivity index (χ2n) is 17.1. The summed E-state index contributed by atoms with van der Waals surface area (Å²) in [5, 5.41) is 16.7. The third kappa shape index (κ3) is 9.18. The summed E-state index contributed by atoms with van der Waals surface area (Å²) in [6.45, 7) is 20.6. The number of esters is 1. The van der Waals surface area contributed by atoms with Crippen molar-refractivity contribution in [1.29, 1.82) is 0 Å². The van der Waals surface area contributed by atoms with E-state index in [9.17, 15) is 19.5 Å². The van der Waals surface area contributed by atoms with Gasteiger partial charge in [-0.3, -0.25) is 14.5 Å². The zero-order chi connectivity index (χ0) is 39.4. The lowest BCUT2D eigenvalue weighted by Gasteiger charge is -2.46. The monoisotopic (exact) mass is 774 g/mol. The molecule has 55 heavy (non-hydrogen) atoms.